The van der Waals surface area contributed by atoms with Crippen molar-refractivity contribution in [1.82, 2.24) is 9.97 Å². The first-order chi connectivity index (χ1) is 13.3. The molecule has 0 saturated heterocycles. The van der Waals surface area contributed by atoms with E-state index in [1.54, 1.807) is 60.9 Å². The molecule has 0 radical (unpaired) electrons. The second-order valence-corrected chi connectivity index (χ2v) is 8.87. The highest BCUT2D eigenvalue weighted by Gasteiger charge is 2.19. The van der Waals surface area contributed by atoms with Gasteiger partial charge in [-0.05, 0) is 53.6 Å². The molecule has 0 aliphatic carbocycles. The van der Waals surface area contributed by atoms with Crippen LogP contribution in [0, 0.1) is 0 Å². The van der Waals surface area contributed by atoms with Crippen LogP contribution in [0.3, 0.4) is 0 Å². The van der Waals surface area contributed by atoms with E-state index < -0.39 is 9.84 Å². The number of halogens is 1. The topological polar surface area (TPSA) is 79.9 Å². The van der Waals surface area contributed by atoms with Gasteiger partial charge in [-0.1, -0.05) is 23.7 Å². The fraction of sp³-hybridized carbons (Fsp3) is 0.0476. The summed E-state index contributed by atoms with van der Waals surface area (Å²) in [6.45, 7) is 0. The van der Waals surface area contributed by atoms with Crippen molar-refractivity contribution in [2.75, 3.05) is 6.26 Å². The zero-order chi connectivity index (χ0) is 19.9. The lowest BCUT2D eigenvalue weighted by Gasteiger charge is -2.08. The number of nitrogens with one attached hydrogen (secondary N) is 1. The number of hydrogen-bond acceptors (Lipinski definition) is 4. The van der Waals surface area contributed by atoms with Crippen LogP contribution in [-0.2, 0) is 9.84 Å². The van der Waals surface area contributed by atoms with Gasteiger partial charge in [-0.2, -0.15) is 0 Å². The van der Waals surface area contributed by atoms with Crippen molar-refractivity contribution >= 4 is 38.3 Å². The highest BCUT2D eigenvalue weighted by molar-refractivity contribution is 7.90. The monoisotopic (exact) mass is 410 g/mol. The Kier molecular flexibility index (Phi) is 4.53. The number of fused-ring (bicyclic) bond motifs is 1. The Labute approximate surface area is 166 Å². The van der Waals surface area contributed by atoms with Crippen LogP contribution < -0.4 is 0 Å². The van der Waals surface area contributed by atoms with Crippen molar-refractivity contribution in [3.05, 3.63) is 83.1 Å². The molecule has 0 aliphatic rings. The van der Waals surface area contributed by atoms with Crippen LogP contribution in [0.4, 0.5) is 0 Å². The smallest absolute Gasteiger partial charge is 0.195 e. The third kappa shape index (κ3) is 3.32. The molecule has 2 aromatic heterocycles. The van der Waals surface area contributed by atoms with Gasteiger partial charge in [0.25, 0.3) is 0 Å². The summed E-state index contributed by atoms with van der Waals surface area (Å²) in [6.07, 6.45) is 4.41. The third-order valence-corrected chi connectivity index (χ3v) is 5.86. The quantitative estimate of drug-likeness (QED) is 0.501. The molecule has 0 bridgehead atoms. The van der Waals surface area contributed by atoms with Gasteiger partial charge in [-0.15, -0.1) is 0 Å². The van der Waals surface area contributed by atoms with Crippen molar-refractivity contribution < 1.29 is 13.2 Å². The van der Waals surface area contributed by atoms with Crippen LogP contribution in [0.5, 0.6) is 0 Å². The van der Waals surface area contributed by atoms with Crippen LogP contribution in [-0.4, -0.2) is 30.4 Å². The van der Waals surface area contributed by atoms with Crippen LogP contribution in [0.2, 0.25) is 5.02 Å². The number of nitrogens with zero attached hydrogens (tertiary/aromatic N) is 1. The van der Waals surface area contributed by atoms with E-state index >= 15 is 0 Å². The Morgan fingerprint density at radius 1 is 1.07 bits per heavy atom. The summed E-state index contributed by atoms with van der Waals surface area (Å²) in [5.41, 5.74) is 2.95. The van der Waals surface area contributed by atoms with Gasteiger partial charge in [0.1, 0.15) is 5.65 Å². The van der Waals surface area contributed by atoms with E-state index in [0.29, 0.717) is 32.7 Å². The summed E-state index contributed by atoms with van der Waals surface area (Å²) in [5.74, 6) is -0.170. The van der Waals surface area contributed by atoms with Gasteiger partial charge in [0.05, 0.1) is 10.5 Å². The van der Waals surface area contributed by atoms with Crippen molar-refractivity contribution in [1.29, 1.82) is 0 Å². The highest BCUT2D eigenvalue weighted by Crippen LogP contribution is 2.32. The van der Waals surface area contributed by atoms with E-state index in [4.69, 9.17) is 11.6 Å². The number of hydrogen-bond donors (Lipinski definition) is 1. The van der Waals surface area contributed by atoms with Crippen LogP contribution in [0.1, 0.15) is 15.9 Å². The summed E-state index contributed by atoms with van der Waals surface area (Å²) in [6, 6.07) is 15.1. The van der Waals surface area contributed by atoms with Gasteiger partial charge >= 0.3 is 0 Å². The van der Waals surface area contributed by atoms with E-state index in [-0.39, 0.29) is 10.7 Å². The van der Waals surface area contributed by atoms with Gasteiger partial charge in [-0.25, -0.2) is 13.4 Å². The summed E-state index contributed by atoms with van der Waals surface area (Å²) >= 11 is 5.92. The summed E-state index contributed by atoms with van der Waals surface area (Å²) in [5, 5.41) is 1.20. The van der Waals surface area contributed by atoms with Crippen LogP contribution in [0.25, 0.3) is 22.2 Å². The molecule has 0 fully saturated rings. The van der Waals surface area contributed by atoms with Gasteiger partial charge < -0.3 is 4.98 Å². The Morgan fingerprint density at radius 3 is 2.54 bits per heavy atom. The van der Waals surface area contributed by atoms with Crippen molar-refractivity contribution in [2.24, 2.45) is 0 Å². The molecule has 0 unspecified atom stereocenters. The van der Waals surface area contributed by atoms with Crippen molar-refractivity contribution in [3.8, 4) is 11.1 Å². The average molecular weight is 411 g/mol. The molecule has 5 nitrogen and oxygen atoms in total. The minimum Gasteiger partial charge on any atom is -0.345 e. The Morgan fingerprint density at radius 2 is 1.82 bits per heavy atom. The molecular weight excluding hydrogens is 396 g/mol. The fourth-order valence-electron chi connectivity index (χ4n) is 3.13. The summed E-state index contributed by atoms with van der Waals surface area (Å²) in [7, 11) is -3.35. The molecule has 4 rings (SSSR count). The standard InChI is InChI=1S/C21H15ClN2O3S/c1-28(26,27)16-4-2-3-14(11-16)17-9-10-23-21-19(17)18(12-24-21)20(25)13-5-7-15(22)8-6-13/h2-12H,1H3,(H,23,24). The Bertz CT molecular complexity index is 1310. The number of carbonyl (C=O) groups is 1. The minimum absolute atomic E-state index is 0.170. The van der Waals surface area contributed by atoms with Crippen molar-refractivity contribution in [2.45, 2.75) is 4.90 Å². The maximum Gasteiger partial charge on any atom is 0.195 e. The first kappa shape index (κ1) is 18.4. The normalized spacial score (nSPS) is 11.6. The molecule has 1 N–H and O–H groups in total. The first-order valence-electron chi connectivity index (χ1n) is 8.41. The Hall–Kier alpha value is -2.96. The lowest BCUT2D eigenvalue weighted by molar-refractivity contribution is 0.104. The molecule has 28 heavy (non-hydrogen) atoms. The number of aromatic nitrogens is 2. The summed E-state index contributed by atoms with van der Waals surface area (Å²) in [4.78, 5) is 20.6. The number of carbonyl (C=O) groups excluding carboxylic acids is 1. The van der Waals surface area contributed by atoms with Gasteiger partial charge in [0.2, 0.25) is 0 Å². The molecule has 2 aromatic carbocycles. The van der Waals surface area contributed by atoms with E-state index in [1.807, 2.05) is 6.07 Å². The number of rotatable bonds is 4. The molecule has 0 amide bonds. The van der Waals surface area contributed by atoms with E-state index in [9.17, 15) is 13.2 Å². The second kappa shape index (κ2) is 6.89. The predicted molar refractivity (Wildman–Crippen MR) is 110 cm³/mol. The summed E-state index contributed by atoms with van der Waals surface area (Å²) < 4.78 is 23.9. The fourth-order valence-corrected chi connectivity index (χ4v) is 3.92. The Balaban J connectivity index is 1.91. The molecule has 0 saturated carbocycles. The molecule has 0 aliphatic heterocycles. The lowest BCUT2D eigenvalue weighted by atomic mass is 9.97. The first-order valence-corrected chi connectivity index (χ1v) is 10.7. The van der Waals surface area contributed by atoms with E-state index in [1.165, 1.54) is 6.26 Å². The average Bonchev–Trinajstić information content (AvgIpc) is 3.12. The predicted octanol–water partition coefficient (Wildman–Crippen LogP) is 4.52. The molecule has 2 heterocycles. The van der Waals surface area contributed by atoms with Crippen LogP contribution in [0.15, 0.2) is 71.9 Å². The number of sulfone groups is 1. The maximum absolute atomic E-state index is 13.1. The number of H-pyrrole nitrogens is 1. The van der Waals surface area contributed by atoms with Gasteiger partial charge in [0.15, 0.2) is 15.6 Å². The zero-order valence-electron chi connectivity index (χ0n) is 14.8. The van der Waals surface area contributed by atoms with Gasteiger partial charge in [-0.3, -0.25) is 4.79 Å². The van der Waals surface area contributed by atoms with Gasteiger partial charge in [0, 0.05) is 34.6 Å². The largest absolute Gasteiger partial charge is 0.345 e. The molecule has 140 valence electrons. The lowest BCUT2D eigenvalue weighted by Crippen LogP contribution is -2.01. The van der Waals surface area contributed by atoms with Crippen LogP contribution >= 0.6 is 11.6 Å². The molecule has 0 atom stereocenters. The SMILES string of the molecule is CS(=O)(=O)c1cccc(-c2ccnc3[nH]cc(C(=O)c4ccc(Cl)cc4)c23)c1. The maximum atomic E-state index is 13.1. The molecule has 0 spiro atoms. The second-order valence-electron chi connectivity index (χ2n) is 6.42. The highest BCUT2D eigenvalue weighted by atomic mass is 35.5. The van der Waals surface area contributed by atoms with Crippen molar-refractivity contribution in [3.63, 3.8) is 0 Å². The van der Waals surface area contributed by atoms with E-state index in [0.717, 1.165) is 5.56 Å². The number of aromatic amines is 1. The molecule has 4 aromatic rings. The number of ketones is 1. The number of pyridine rings is 1. The minimum atomic E-state index is -3.35. The van der Waals surface area contributed by atoms with E-state index in [2.05, 4.69) is 9.97 Å². The molecule has 7 heteroatoms. The zero-order valence-corrected chi connectivity index (χ0v) is 16.4. The number of benzene rings is 2. The molecular formula is C21H15ClN2O3S. The third-order valence-electron chi connectivity index (χ3n) is 4.50.